The number of carbonyl (C=O) groups excluding carboxylic acids is 1. The Balaban J connectivity index is 4.43. The van der Waals surface area contributed by atoms with Crippen LogP contribution in [0.25, 0.3) is 0 Å². The van der Waals surface area contributed by atoms with Crippen molar-refractivity contribution in [3.8, 4) is 0 Å². The minimum Gasteiger partial charge on any atom is -0.333 e. The molecule has 0 heterocycles. The Morgan fingerprint density at radius 2 is 2.00 bits per heavy atom. The molecule has 0 atom stereocenters. The Kier molecular flexibility index (Phi) is 3.93. The summed E-state index contributed by atoms with van der Waals surface area (Å²) in [5.41, 5.74) is -0.176. The molecule has 70 valence electrons. The molecule has 0 spiro atoms. The maximum atomic E-state index is 11.2. The number of carbonyl (C=O) groups is 1. The van der Waals surface area contributed by atoms with Gasteiger partial charge in [-0.3, -0.25) is 4.79 Å². The van der Waals surface area contributed by atoms with Crippen LogP contribution < -0.4 is 0 Å². The highest BCUT2D eigenvalue weighted by Gasteiger charge is 2.23. The summed E-state index contributed by atoms with van der Waals surface area (Å²) in [5.74, 6) is -0.204. The van der Waals surface area contributed by atoms with Crippen LogP contribution in [0.2, 0.25) is 0 Å². The second kappa shape index (κ2) is 4.24. The van der Waals surface area contributed by atoms with Crippen molar-refractivity contribution in [1.82, 2.24) is 4.90 Å². The molecule has 0 rings (SSSR count). The average Bonchev–Trinajstić information content (AvgIpc) is 1.96. The first-order valence-corrected chi connectivity index (χ1v) is 4.25. The van der Waals surface area contributed by atoms with Crippen molar-refractivity contribution in [2.45, 2.75) is 39.7 Å². The van der Waals surface area contributed by atoms with Crippen LogP contribution in [0.3, 0.4) is 0 Å². The normalized spacial score (nSPS) is 11.0. The Bertz CT molecular complexity index is 170. The fourth-order valence-electron chi connectivity index (χ4n) is 1.08. The van der Waals surface area contributed by atoms with Gasteiger partial charge in [-0.25, -0.2) is 0 Å². The van der Waals surface area contributed by atoms with Gasteiger partial charge in [0.25, 0.3) is 5.91 Å². The molecule has 3 nitrogen and oxygen atoms in total. The van der Waals surface area contributed by atoms with Gasteiger partial charge in [-0.2, -0.15) is 0 Å². The van der Waals surface area contributed by atoms with Crippen molar-refractivity contribution in [1.29, 1.82) is 5.41 Å². The molecule has 1 N–H and O–H groups in total. The topological polar surface area (TPSA) is 44.2 Å². The van der Waals surface area contributed by atoms with Crippen LogP contribution in [0.1, 0.15) is 34.1 Å². The van der Waals surface area contributed by atoms with Crippen LogP contribution in [0.5, 0.6) is 0 Å². The largest absolute Gasteiger partial charge is 0.333 e. The Morgan fingerprint density at radius 1 is 1.50 bits per heavy atom. The molecule has 0 saturated carbocycles. The predicted octanol–water partition coefficient (Wildman–Crippen LogP) is 1.67. The summed E-state index contributed by atoms with van der Waals surface area (Å²) in [5, 5.41) is 6.88. The van der Waals surface area contributed by atoms with Crippen LogP contribution in [-0.2, 0) is 4.79 Å². The van der Waals surface area contributed by atoms with Gasteiger partial charge in [0, 0.05) is 12.1 Å². The maximum absolute atomic E-state index is 11.2. The first-order chi connectivity index (χ1) is 5.43. The van der Waals surface area contributed by atoms with E-state index in [2.05, 4.69) is 0 Å². The van der Waals surface area contributed by atoms with E-state index < -0.39 is 0 Å². The van der Waals surface area contributed by atoms with E-state index in [9.17, 15) is 4.79 Å². The molecule has 1 amide bonds. The molecule has 0 aliphatic carbocycles. The Labute approximate surface area is 74.3 Å². The van der Waals surface area contributed by atoms with E-state index in [0.29, 0.717) is 0 Å². The van der Waals surface area contributed by atoms with Crippen molar-refractivity contribution in [3.05, 3.63) is 0 Å². The van der Waals surface area contributed by atoms with Gasteiger partial charge in [-0.05, 0) is 27.2 Å². The van der Waals surface area contributed by atoms with Gasteiger partial charge in [-0.1, -0.05) is 6.92 Å². The Morgan fingerprint density at radius 3 is 2.25 bits per heavy atom. The number of hydrogen-bond donors (Lipinski definition) is 1. The zero-order chi connectivity index (χ0) is 9.78. The summed E-state index contributed by atoms with van der Waals surface area (Å²) in [6.45, 7) is 8.67. The third-order valence-electron chi connectivity index (χ3n) is 1.65. The van der Waals surface area contributed by atoms with Crippen LogP contribution in [0.4, 0.5) is 0 Å². The first-order valence-electron chi connectivity index (χ1n) is 4.25. The predicted molar refractivity (Wildman–Crippen MR) is 50.5 cm³/mol. The van der Waals surface area contributed by atoms with Crippen molar-refractivity contribution in [3.63, 3.8) is 0 Å². The molecule has 3 heteroatoms. The van der Waals surface area contributed by atoms with Gasteiger partial charge in [0.1, 0.15) is 0 Å². The molecule has 0 saturated heterocycles. The molecule has 12 heavy (non-hydrogen) atoms. The molecule has 0 radical (unpaired) electrons. The van der Waals surface area contributed by atoms with Crippen molar-refractivity contribution < 1.29 is 4.79 Å². The van der Waals surface area contributed by atoms with Gasteiger partial charge in [0.15, 0.2) is 0 Å². The number of amides is 1. The minimum absolute atomic E-state index is 0.176. The monoisotopic (exact) mass is 170 g/mol. The molecule has 0 aliphatic rings. The van der Waals surface area contributed by atoms with Crippen LogP contribution in [-0.4, -0.2) is 29.1 Å². The zero-order valence-electron chi connectivity index (χ0n) is 8.35. The van der Waals surface area contributed by atoms with E-state index in [1.807, 2.05) is 27.7 Å². The van der Waals surface area contributed by atoms with Crippen LogP contribution in [0, 0.1) is 5.41 Å². The zero-order valence-corrected chi connectivity index (χ0v) is 8.35. The van der Waals surface area contributed by atoms with Gasteiger partial charge in [-0.15, -0.1) is 0 Å². The lowest BCUT2D eigenvalue weighted by Crippen LogP contribution is -2.46. The first kappa shape index (κ1) is 11.1. The van der Waals surface area contributed by atoms with E-state index in [1.165, 1.54) is 0 Å². The highest BCUT2D eigenvalue weighted by Crippen LogP contribution is 2.12. The average molecular weight is 170 g/mol. The number of nitrogens with one attached hydrogen (secondary N) is 1. The van der Waals surface area contributed by atoms with Gasteiger partial charge < -0.3 is 10.3 Å². The van der Waals surface area contributed by atoms with Crippen molar-refractivity contribution >= 4 is 12.1 Å². The van der Waals surface area contributed by atoms with Gasteiger partial charge in [0.2, 0.25) is 0 Å². The summed E-state index contributed by atoms with van der Waals surface area (Å²) in [6.07, 6.45) is 1.80. The second-order valence-corrected chi connectivity index (χ2v) is 3.81. The molecule has 0 aromatic rings. The highest BCUT2D eigenvalue weighted by molar-refractivity contribution is 6.25. The molecule has 0 bridgehead atoms. The molecular formula is C9H18N2O. The lowest BCUT2D eigenvalue weighted by atomic mass is 10.1. The SMILES string of the molecule is CCCN(C(=O)C=N)C(C)(C)C. The number of hydrogen-bond acceptors (Lipinski definition) is 2. The summed E-state index contributed by atoms with van der Waals surface area (Å²) >= 11 is 0. The van der Waals surface area contributed by atoms with E-state index in [-0.39, 0.29) is 11.4 Å². The molecule has 0 aromatic heterocycles. The van der Waals surface area contributed by atoms with Gasteiger partial charge >= 0.3 is 0 Å². The molecular weight excluding hydrogens is 152 g/mol. The Hall–Kier alpha value is -0.860. The molecule has 0 aromatic carbocycles. The van der Waals surface area contributed by atoms with E-state index in [1.54, 1.807) is 4.90 Å². The number of nitrogens with zero attached hydrogens (tertiary/aromatic N) is 1. The minimum atomic E-state index is -0.204. The molecule has 0 aliphatic heterocycles. The third-order valence-corrected chi connectivity index (χ3v) is 1.65. The highest BCUT2D eigenvalue weighted by atomic mass is 16.2. The fraction of sp³-hybridized carbons (Fsp3) is 0.778. The second-order valence-electron chi connectivity index (χ2n) is 3.81. The quantitative estimate of drug-likeness (QED) is 0.643. The summed E-state index contributed by atoms with van der Waals surface area (Å²) in [4.78, 5) is 12.9. The lowest BCUT2D eigenvalue weighted by Gasteiger charge is -2.34. The van der Waals surface area contributed by atoms with Gasteiger partial charge in [0.05, 0.1) is 6.21 Å². The summed E-state index contributed by atoms with van der Waals surface area (Å²) in [7, 11) is 0. The smallest absolute Gasteiger partial charge is 0.264 e. The van der Waals surface area contributed by atoms with E-state index >= 15 is 0 Å². The molecule has 0 fully saturated rings. The summed E-state index contributed by atoms with van der Waals surface area (Å²) in [6, 6.07) is 0. The standard InChI is InChI=1S/C9H18N2O/c1-5-6-11(8(12)7-10)9(2,3)4/h7,10H,5-6H2,1-4H3. The van der Waals surface area contributed by atoms with Crippen LogP contribution in [0.15, 0.2) is 0 Å². The van der Waals surface area contributed by atoms with E-state index in [4.69, 9.17) is 5.41 Å². The van der Waals surface area contributed by atoms with Crippen molar-refractivity contribution in [2.24, 2.45) is 0 Å². The van der Waals surface area contributed by atoms with Crippen molar-refractivity contribution in [2.75, 3.05) is 6.54 Å². The fourth-order valence-corrected chi connectivity index (χ4v) is 1.08. The third kappa shape index (κ3) is 3.03. The number of rotatable bonds is 3. The lowest BCUT2D eigenvalue weighted by molar-refractivity contribution is -0.128. The van der Waals surface area contributed by atoms with E-state index in [0.717, 1.165) is 19.2 Å². The van der Waals surface area contributed by atoms with Crippen LogP contribution >= 0.6 is 0 Å². The molecule has 0 unspecified atom stereocenters. The summed E-state index contributed by atoms with van der Waals surface area (Å²) < 4.78 is 0. The maximum Gasteiger partial charge on any atom is 0.264 e.